The zero-order valence-corrected chi connectivity index (χ0v) is 11.0. The second-order valence-corrected chi connectivity index (χ2v) is 4.12. The third-order valence-corrected chi connectivity index (χ3v) is 2.52. The maximum absolute atomic E-state index is 8.89. The van der Waals surface area contributed by atoms with Crippen molar-refractivity contribution in [1.82, 2.24) is 9.97 Å². The molecule has 1 aromatic heterocycles. The quantitative estimate of drug-likeness (QED) is 0.844. The molecule has 0 radical (unpaired) electrons. The predicted molar refractivity (Wildman–Crippen MR) is 72.3 cm³/mol. The second kappa shape index (κ2) is 5.68. The highest BCUT2D eigenvalue weighted by Gasteiger charge is 2.08. The molecular formula is C14H11N5O. The van der Waals surface area contributed by atoms with E-state index < -0.39 is 0 Å². The van der Waals surface area contributed by atoms with Crippen molar-refractivity contribution in [3.05, 3.63) is 41.9 Å². The van der Waals surface area contributed by atoms with E-state index in [-0.39, 0.29) is 17.3 Å². The van der Waals surface area contributed by atoms with E-state index in [4.69, 9.17) is 15.3 Å². The largest absolute Gasteiger partial charge is 0.437 e. The number of nitriles is 2. The third-order valence-electron chi connectivity index (χ3n) is 2.52. The van der Waals surface area contributed by atoms with Crippen LogP contribution in [0.25, 0.3) is 0 Å². The van der Waals surface area contributed by atoms with Crippen LogP contribution in [0, 0.1) is 22.7 Å². The van der Waals surface area contributed by atoms with Gasteiger partial charge in [-0.1, -0.05) is 6.07 Å². The maximum atomic E-state index is 8.89. The molecule has 0 spiro atoms. The average molecular weight is 265 g/mol. The van der Waals surface area contributed by atoms with Gasteiger partial charge in [0.05, 0.1) is 6.20 Å². The summed E-state index contributed by atoms with van der Waals surface area (Å²) in [6.07, 6.45) is 1.32. The van der Waals surface area contributed by atoms with Gasteiger partial charge < -0.3 is 9.64 Å². The summed E-state index contributed by atoms with van der Waals surface area (Å²) >= 11 is 0. The maximum Gasteiger partial charge on any atom is 0.239 e. The Labute approximate surface area is 116 Å². The molecule has 0 fully saturated rings. The van der Waals surface area contributed by atoms with Gasteiger partial charge in [-0.3, -0.25) is 0 Å². The molecule has 0 saturated heterocycles. The number of rotatable bonds is 3. The summed E-state index contributed by atoms with van der Waals surface area (Å²) in [5.41, 5.74) is 0.917. The lowest BCUT2D eigenvalue weighted by Gasteiger charge is -2.13. The van der Waals surface area contributed by atoms with Crippen LogP contribution in [0.4, 0.5) is 5.69 Å². The van der Waals surface area contributed by atoms with E-state index in [2.05, 4.69) is 9.97 Å². The number of benzene rings is 1. The molecule has 0 atom stereocenters. The zero-order valence-electron chi connectivity index (χ0n) is 11.0. The van der Waals surface area contributed by atoms with Crippen LogP contribution >= 0.6 is 0 Å². The van der Waals surface area contributed by atoms with E-state index in [0.717, 1.165) is 5.69 Å². The van der Waals surface area contributed by atoms with Gasteiger partial charge in [0.1, 0.15) is 17.9 Å². The molecule has 6 heteroatoms. The molecule has 0 amide bonds. The molecule has 1 aromatic carbocycles. The van der Waals surface area contributed by atoms with Crippen LogP contribution in [0.1, 0.15) is 11.4 Å². The molecule has 20 heavy (non-hydrogen) atoms. The van der Waals surface area contributed by atoms with Crippen molar-refractivity contribution < 1.29 is 4.74 Å². The Bertz CT molecular complexity index is 712. The number of hydrogen-bond donors (Lipinski definition) is 0. The highest BCUT2D eigenvalue weighted by atomic mass is 16.5. The molecule has 0 bridgehead atoms. The summed E-state index contributed by atoms with van der Waals surface area (Å²) in [6, 6.07) is 11.0. The Kier molecular flexibility index (Phi) is 3.78. The number of nitrogens with zero attached hydrogens (tertiary/aromatic N) is 5. The van der Waals surface area contributed by atoms with Crippen LogP contribution in [0.5, 0.6) is 11.6 Å². The SMILES string of the molecule is CN(C)c1cccc(Oc2cnc(C#N)c(C#N)n2)c1. The van der Waals surface area contributed by atoms with Gasteiger partial charge in [-0.25, -0.2) is 4.98 Å². The topological polar surface area (TPSA) is 85.8 Å². The van der Waals surface area contributed by atoms with Crippen LogP contribution in [0.2, 0.25) is 0 Å². The average Bonchev–Trinajstić information content (AvgIpc) is 2.47. The lowest BCUT2D eigenvalue weighted by molar-refractivity contribution is 0.459. The molecule has 98 valence electrons. The van der Waals surface area contributed by atoms with Crippen LogP contribution in [0.15, 0.2) is 30.5 Å². The summed E-state index contributed by atoms with van der Waals surface area (Å²) in [6.45, 7) is 0. The van der Waals surface area contributed by atoms with Crippen LogP contribution < -0.4 is 9.64 Å². The number of hydrogen-bond acceptors (Lipinski definition) is 6. The highest BCUT2D eigenvalue weighted by Crippen LogP contribution is 2.24. The fourth-order valence-corrected chi connectivity index (χ4v) is 1.53. The van der Waals surface area contributed by atoms with E-state index in [9.17, 15) is 0 Å². The Morgan fingerprint density at radius 1 is 1.15 bits per heavy atom. The van der Waals surface area contributed by atoms with Crippen molar-refractivity contribution in [3.8, 4) is 23.8 Å². The summed E-state index contributed by atoms with van der Waals surface area (Å²) in [7, 11) is 3.85. The summed E-state index contributed by atoms with van der Waals surface area (Å²) in [4.78, 5) is 9.73. The van der Waals surface area contributed by atoms with Gasteiger partial charge in [0, 0.05) is 25.8 Å². The lowest BCUT2D eigenvalue weighted by atomic mass is 10.3. The van der Waals surface area contributed by atoms with Gasteiger partial charge in [0.15, 0.2) is 11.4 Å². The van der Waals surface area contributed by atoms with E-state index in [1.54, 1.807) is 12.1 Å². The van der Waals surface area contributed by atoms with E-state index in [1.165, 1.54) is 6.20 Å². The van der Waals surface area contributed by atoms with E-state index in [1.807, 2.05) is 43.3 Å². The minimum Gasteiger partial charge on any atom is -0.437 e. The molecule has 6 nitrogen and oxygen atoms in total. The first-order valence-electron chi connectivity index (χ1n) is 5.76. The van der Waals surface area contributed by atoms with Gasteiger partial charge in [0.2, 0.25) is 5.88 Å². The van der Waals surface area contributed by atoms with Crippen molar-refractivity contribution in [2.75, 3.05) is 19.0 Å². The fourth-order valence-electron chi connectivity index (χ4n) is 1.53. The lowest BCUT2D eigenvalue weighted by Crippen LogP contribution is -2.08. The molecule has 2 rings (SSSR count). The molecule has 2 aromatic rings. The third kappa shape index (κ3) is 2.82. The first-order valence-corrected chi connectivity index (χ1v) is 5.76. The Balaban J connectivity index is 2.29. The molecule has 0 N–H and O–H groups in total. The van der Waals surface area contributed by atoms with Crippen LogP contribution in [-0.2, 0) is 0 Å². The molecule has 0 aliphatic carbocycles. The first-order chi connectivity index (χ1) is 9.63. The number of ether oxygens (including phenoxy) is 1. The van der Waals surface area contributed by atoms with Crippen molar-refractivity contribution >= 4 is 5.69 Å². The van der Waals surface area contributed by atoms with E-state index in [0.29, 0.717) is 5.75 Å². The Hall–Kier alpha value is -3.12. The van der Waals surface area contributed by atoms with Gasteiger partial charge in [-0.15, -0.1) is 0 Å². The van der Waals surface area contributed by atoms with Crippen molar-refractivity contribution in [3.63, 3.8) is 0 Å². The summed E-state index contributed by atoms with van der Waals surface area (Å²) in [5, 5.41) is 17.7. The van der Waals surface area contributed by atoms with Crippen LogP contribution in [-0.4, -0.2) is 24.1 Å². The van der Waals surface area contributed by atoms with Gasteiger partial charge >= 0.3 is 0 Å². The molecular weight excluding hydrogens is 254 g/mol. The normalized spacial score (nSPS) is 9.40. The summed E-state index contributed by atoms with van der Waals surface area (Å²) < 4.78 is 5.55. The molecule has 0 aliphatic heterocycles. The standard InChI is InChI=1S/C14H11N5O/c1-19(2)10-4-3-5-11(6-10)20-14-9-17-12(7-15)13(8-16)18-14/h3-6,9H,1-2H3. The van der Waals surface area contributed by atoms with Gasteiger partial charge in [-0.2, -0.15) is 15.5 Å². The Morgan fingerprint density at radius 3 is 2.55 bits per heavy atom. The fraction of sp³-hybridized carbons (Fsp3) is 0.143. The number of aromatic nitrogens is 2. The second-order valence-electron chi connectivity index (χ2n) is 4.12. The monoisotopic (exact) mass is 265 g/mol. The summed E-state index contributed by atoms with van der Waals surface area (Å²) in [5.74, 6) is 0.760. The van der Waals surface area contributed by atoms with Crippen molar-refractivity contribution in [2.24, 2.45) is 0 Å². The van der Waals surface area contributed by atoms with Crippen LogP contribution in [0.3, 0.4) is 0 Å². The zero-order chi connectivity index (χ0) is 14.5. The minimum atomic E-state index is -0.0474. The number of anilines is 1. The Morgan fingerprint density at radius 2 is 1.90 bits per heavy atom. The molecule has 0 aliphatic rings. The highest BCUT2D eigenvalue weighted by molar-refractivity contribution is 5.50. The minimum absolute atomic E-state index is 0.0121. The molecule has 0 saturated carbocycles. The van der Waals surface area contributed by atoms with Gasteiger partial charge in [0.25, 0.3) is 0 Å². The smallest absolute Gasteiger partial charge is 0.239 e. The van der Waals surface area contributed by atoms with Crippen molar-refractivity contribution in [2.45, 2.75) is 0 Å². The first kappa shape index (κ1) is 13.3. The molecule has 1 heterocycles. The molecule has 0 unspecified atom stereocenters. The van der Waals surface area contributed by atoms with Crippen molar-refractivity contribution in [1.29, 1.82) is 10.5 Å². The van der Waals surface area contributed by atoms with Gasteiger partial charge in [-0.05, 0) is 12.1 Å². The van der Waals surface area contributed by atoms with E-state index >= 15 is 0 Å². The predicted octanol–water partition coefficient (Wildman–Crippen LogP) is 2.08.